The van der Waals surface area contributed by atoms with Crippen molar-refractivity contribution < 1.29 is 5.11 Å². The van der Waals surface area contributed by atoms with Crippen LogP contribution in [0.1, 0.15) is 29.5 Å². The van der Waals surface area contributed by atoms with E-state index in [0.29, 0.717) is 0 Å². The molecule has 0 saturated carbocycles. The van der Waals surface area contributed by atoms with Gasteiger partial charge in [-0.15, -0.1) is 0 Å². The maximum Gasteiger partial charge on any atom is 0.0681 e. The zero-order chi connectivity index (χ0) is 13.8. The van der Waals surface area contributed by atoms with E-state index >= 15 is 0 Å². The number of fused-ring (bicyclic) bond motifs is 1. The fourth-order valence-corrected chi connectivity index (χ4v) is 2.90. The quantitative estimate of drug-likeness (QED) is 0.919. The highest BCUT2D eigenvalue weighted by atomic mass is 16.3. The van der Waals surface area contributed by atoms with Crippen LogP contribution in [0.5, 0.6) is 0 Å². The molecule has 2 heteroatoms. The minimum absolute atomic E-state index is 0.118. The lowest BCUT2D eigenvalue weighted by atomic mass is 10.1. The zero-order valence-corrected chi connectivity index (χ0v) is 11.8. The summed E-state index contributed by atoms with van der Waals surface area (Å²) in [6.07, 6.45) is 3.72. The van der Waals surface area contributed by atoms with Crippen LogP contribution >= 0.6 is 0 Å². The Bertz CT molecular complexity index is 562. The number of anilines is 1. The van der Waals surface area contributed by atoms with Crippen molar-refractivity contribution in [1.29, 1.82) is 0 Å². The number of para-hydroxylation sites is 1. The third kappa shape index (κ3) is 2.86. The van der Waals surface area contributed by atoms with Gasteiger partial charge < -0.3 is 10.0 Å². The van der Waals surface area contributed by atoms with Crippen LogP contribution in [0.25, 0.3) is 0 Å². The third-order valence-corrected chi connectivity index (χ3v) is 4.04. The minimum atomic E-state index is 0.118. The molecule has 0 bridgehead atoms. The van der Waals surface area contributed by atoms with Gasteiger partial charge in [0.15, 0.2) is 0 Å². The normalized spacial score (nSPS) is 14.8. The summed E-state index contributed by atoms with van der Waals surface area (Å²) in [5.41, 5.74) is 5.14. The van der Waals surface area contributed by atoms with Crippen LogP contribution in [0, 0.1) is 0 Å². The molecule has 0 fully saturated rings. The van der Waals surface area contributed by atoms with Gasteiger partial charge in [-0.1, -0.05) is 42.5 Å². The summed E-state index contributed by atoms with van der Waals surface area (Å²) >= 11 is 0. The highest BCUT2D eigenvalue weighted by Crippen LogP contribution is 2.27. The largest absolute Gasteiger partial charge is 0.392 e. The van der Waals surface area contributed by atoms with Gasteiger partial charge in [-0.3, -0.25) is 0 Å². The van der Waals surface area contributed by atoms with E-state index in [4.69, 9.17) is 5.11 Å². The predicted octanol–water partition coefficient (Wildman–Crippen LogP) is 3.52. The van der Waals surface area contributed by atoms with Gasteiger partial charge in [-0.2, -0.15) is 0 Å². The number of hydrogen-bond donors (Lipinski definition) is 1. The Labute approximate surface area is 120 Å². The molecule has 0 aliphatic carbocycles. The Morgan fingerprint density at radius 1 is 0.900 bits per heavy atom. The Hall–Kier alpha value is -1.80. The van der Waals surface area contributed by atoms with Crippen molar-refractivity contribution in [3.63, 3.8) is 0 Å². The van der Waals surface area contributed by atoms with Gasteiger partial charge in [0.05, 0.1) is 6.61 Å². The smallest absolute Gasteiger partial charge is 0.0681 e. The number of aliphatic hydroxyl groups is 1. The van der Waals surface area contributed by atoms with Gasteiger partial charge in [-0.25, -0.2) is 0 Å². The molecular formula is C18H21NO. The predicted molar refractivity (Wildman–Crippen MR) is 82.8 cm³/mol. The van der Waals surface area contributed by atoms with Crippen LogP contribution in [0.2, 0.25) is 0 Å². The second-order valence-electron chi connectivity index (χ2n) is 5.48. The van der Waals surface area contributed by atoms with Crippen molar-refractivity contribution >= 4 is 5.69 Å². The van der Waals surface area contributed by atoms with E-state index in [-0.39, 0.29) is 6.61 Å². The van der Waals surface area contributed by atoms with Crippen LogP contribution in [-0.4, -0.2) is 11.7 Å². The van der Waals surface area contributed by atoms with E-state index in [1.54, 1.807) is 0 Å². The van der Waals surface area contributed by atoms with Gasteiger partial charge in [-0.05, 0) is 42.0 Å². The topological polar surface area (TPSA) is 23.5 Å². The lowest BCUT2D eigenvalue weighted by molar-refractivity contribution is 0.282. The number of nitrogens with zero attached hydrogens (tertiary/aromatic N) is 1. The average molecular weight is 267 g/mol. The zero-order valence-electron chi connectivity index (χ0n) is 11.8. The van der Waals surface area contributed by atoms with E-state index < -0.39 is 0 Å². The summed E-state index contributed by atoms with van der Waals surface area (Å²) in [4.78, 5) is 2.48. The Morgan fingerprint density at radius 2 is 1.65 bits per heavy atom. The Balaban J connectivity index is 1.82. The van der Waals surface area contributed by atoms with E-state index in [1.807, 2.05) is 12.1 Å². The molecule has 1 heterocycles. The van der Waals surface area contributed by atoms with Crippen LogP contribution in [0.4, 0.5) is 5.69 Å². The molecule has 3 rings (SSSR count). The fourth-order valence-electron chi connectivity index (χ4n) is 2.90. The highest BCUT2D eigenvalue weighted by Gasteiger charge is 2.14. The first-order chi connectivity index (χ1) is 9.86. The molecule has 0 unspecified atom stereocenters. The molecule has 0 atom stereocenters. The molecule has 1 N–H and O–H groups in total. The molecule has 0 aromatic heterocycles. The van der Waals surface area contributed by atoms with Crippen molar-refractivity contribution in [2.75, 3.05) is 11.4 Å². The van der Waals surface area contributed by atoms with Crippen LogP contribution in [0.15, 0.2) is 48.5 Å². The summed E-state index contributed by atoms with van der Waals surface area (Å²) in [5, 5.41) is 9.11. The summed E-state index contributed by atoms with van der Waals surface area (Å²) < 4.78 is 0. The number of hydrogen-bond acceptors (Lipinski definition) is 2. The summed E-state index contributed by atoms with van der Waals surface area (Å²) in [5.74, 6) is 0. The number of benzene rings is 2. The van der Waals surface area contributed by atoms with Gasteiger partial charge in [0, 0.05) is 18.8 Å². The van der Waals surface area contributed by atoms with Crippen molar-refractivity contribution in [1.82, 2.24) is 0 Å². The van der Waals surface area contributed by atoms with E-state index in [1.165, 1.54) is 36.1 Å². The standard InChI is InChI=1S/C18H21NO/c20-14-16-10-8-15(9-11-16)13-19-12-4-3-6-17-5-1-2-7-18(17)19/h1-2,5,7-11,20H,3-4,6,12-14H2. The first-order valence-corrected chi connectivity index (χ1v) is 7.38. The first-order valence-electron chi connectivity index (χ1n) is 7.38. The maximum absolute atomic E-state index is 9.11. The molecule has 2 nitrogen and oxygen atoms in total. The van der Waals surface area contributed by atoms with Crippen molar-refractivity contribution in [2.24, 2.45) is 0 Å². The molecular weight excluding hydrogens is 246 g/mol. The Kier molecular flexibility index (Phi) is 4.03. The lowest BCUT2D eigenvalue weighted by Gasteiger charge is -2.25. The van der Waals surface area contributed by atoms with Crippen molar-refractivity contribution in [3.8, 4) is 0 Å². The third-order valence-electron chi connectivity index (χ3n) is 4.04. The summed E-state index contributed by atoms with van der Waals surface area (Å²) in [6, 6.07) is 17.0. The monoisotopic (exact) mass is 267 g/mol. The summed E-state index contributed by atoms with van der Waals surface area (Å²) in [6.45, 7) is 2.19. The molecule has 0 radical (unpaired) electrons. The van der Waals surface area contributed by atoms with E-state index in [9.17, 15) is 0 Å². The van der Waals surface area contributed by atoms with Gasteiger partial charge >= 0.3 is 0 Å². The van der Waals surface area contributed by atoms with Crippen LogP contribution < -0.4 is 4.90 Å². The van der Waals surface area contributed by atoms with Crippen molar-refractivity contribution in [3.05, 3.63) is 65.2 Å². The maximum atomic E-state index is 9.11. The number of aliphatic hydroxyl groups excluding tert-OH is 1. The second-order valence-corrected chi connectivity index (χ2v) is 5.48. The van der Waals surface area contributed by atoms with Crippen LogP contribution in [-0.2, 0) is 19.6 Å². The average Bonchev–Trinajstić information content (AvgIpc) is 2.71. The molecule has 2 aromatic carbocycles. The van der Waals surface area contributed by atoms with Crippen molar-refractivity contribution in [2.45, 2.75) is 32.4 Å². The molecule has 0 saturated heterocycles. The molecule has 1 aliphatic heterocycles. The van der Waals surface area contributed by atoms with Crippen LogP contribution in [0.3, 0.4) is 0 Å². The SMILES string of the molecule is OCc1ccc(CN2CCCCc3ccccc32)cc1. The van der Waals surface area contributed by atoms with E-state index in [2.05, 4.69) is 41.3 Å². The minimum Gasteiger partial charge on any atom is -0.392 e. The molecule has 0 spiro atoms. The lowest BCUT2D eigenvalue weighted by Crippen LogP contribution is -2.23. The second kappa shape index (κ2) is 6.10. The highest BCUT2D eigenvalue weighted by molar-refractivity contribution is 5.54. The molecule has 104 valence electrons. The molecule has 20 heavy (non-hydrogen) atoms. The molecule has 1 aliphatic rings. The number of aryl methyl sites for hydroxylation is 1. The first kappa shape index (κ1) is 13.2. The fraction of sp³-hybridized carbons (Fsp3) is 0.333. The van der Waals surface area contributed by atoms with Gasteiger partial charge in [0.25, 0.3) is 0 Å². The van der Waals surface area contributed by atoms with Gasteiger partial charge in [0.2, 0.25) is 0 Å². The number of rotatable bonds is 3. The van der Waals surface area contributed by atoms with E-state index in [0.717, 1.165) is 18.7 Å². The Morgan fingerprint density at radius 3 is 2.45 bits per heavy atom. The molecule has 0 amide bonds. The van der Waals surface area contributed by atoms with Gasteiger partial charge in [0.1, 0.15) is 0 Å². The molecule has 2 aromatic rings. The summed E-state index contributed by atoms with van der Waals surface area (Å²) in [7, 11) is 0.